The Morgan fingerprint density at radius 1 is 1.53 bits per heavy atom. The zero-order chi connectivity index (χ0) is 12.4. The van der Waals surface area contributed by atoms with Crippen LogP contribution in [0, 0.1) is 4.77 Å². The van der Waals surface area contributed by atoms with E-state index in [1.807, 2.05) is 30.0 Å². The highest BCUT2D eigenvalue weighted by molar-refractivity contribution is 7.98. The molecule has 0 bridgehead atoms. The molecule has 5 heteroatoms. The lowest BCUT2D eigenvalue weighted by Crippen LogP contribution is -2.06. The Hall–Kier alpha value is -0.450. The molecule has 0 aliphatic carbocycles. The molecule has 92 valence electrons. The van der Waals surface area contributed by atoms with Crippen LogP contribution in [0.5, 0.6) is 0 Å². The summed E-state index contributed by atoms with van der Waals surface area (Å²) in [5, 5.41) is 0.755. The summed E-state index contributed by atoms with van der Waals surface area (Å²) in [6.45, 7) is 2.18. The number of nitrogens with one attached hydrogen (secondary N) is 1. The maximum atomic E-state index is 6.26. The summed E-state index contributed by atoms with van der Waals surface area (Å²) in [6, 6.07) is 6.22. The second-order valence-electron chi connectivity index (χ2n) is 4.07. The Labute approximate surface area is 115 Å². The van der Waals surface area contributed by atoms with Crippen LogP contribution < -0.4 is 0 Å². The van der Waals surface area contributed by atoms with Crippen molar-refractivity contribution in [2.24, 2.45) is 0 Å². The molecular formula is C12H15ClN2S2. The SMILES string of the molecule is CSCCC(C)n1c(=S)[nH]c2cccc(Cl)c21. The number of benzene rings is 1. The van der Waals surface area contributed by atoms with Crippen molar-refractivity contribution in [2.45, 2.75) is 19.4 Å². The van der Waals surface area contributed by atoms with Gasteiger partial charge in [0.15, 0.2) is 4.77 Å². The smallest absolute Gasteiger partial charge is 0.178 e. The molecule has 1 atom stereocenters. The van der Waals surface area contributed by atoms with Crippen molar-refractivity contribution in [1.29, 1.82) is 0 Å². The first kappa shape index (κ1) is 13.0. The quantitative estimate of drug-likeness (QED) is 0.825. The Morgan fingerprint density at radius 3 is 3.00 bits per heavy atom. The van der Waals surface area contributed by atoms with E-state index < -0.39 is 0 Å². The number of halogens is 1. The highest BCUT2D eigenvalue weighted by Gasteiger charge is 2.12. The number of hydrogen-bond acceptors (Lipinski definition) is 2. The predicted molar refractivity (Wildman–Crippen MR) is 79.8 cm³/mol. The number of para-hydroxylation sites is 1. The molecule has 0 aliphatic rings. The van der Waals surface area contributed by atoms with Crippen LogP contribution in [-0.4, -0.2) is 21.6 Å². The van der Waals surface area contributed by atoms with Gasteiger partial charge in [-0.25, -0.2) is 0 Å². The fraction of sp³-hybridized carbons (Fsp3) is 0.417. The molecule has 2 rings (SSSR count). The molecule has 17 heavy (non-hydrogen) atoms. The van der Waals surface area contributed by atoms with Gasteiger partial charge < -0.3 is 9.55 Å². The van der Waals surface area contributed by atoms with E-state index in [4.69, 9.17) is 23.8 Å². The van der Waals surface area contributed by atoms with Crippen LogP contribution in [0.15, 0.2) is 18.2 Å². The van der Waals surface area contributed by atoms with Crippen LogP contribution >= 0.6 is 35.6 Å². The van der Waals surface area contributed by atoms with Crippen molar-refractivity contribution in [2.75, 3.05) is 12.0 Å². The minimum atomic E-state index is 0.364. The molecule has 0 saturated heterocycles. The highest BCUT2D eigenvalue weighted by Crippen LogP contribution is 2.27. The number of rotatable bonds is 4. The van der Waals surface area contributed by atoms with E-state index in [-0.39, 0.29) is 0 Å². The molecule has 2 aromatic rings. The Morgan fingerprint density at radius 2 is 2.29 bits per heavy atom. The lowest BCUT2D eigenvalue weighted by molar-refractivity contribution is 0.543. The molecule has 0 radical (unpaired) electrons. The summed E-state index contributed by atoms with van der Waals surface area (Å²) >= 11 is 13.5. The van der Waals surface area contributed by atoms with Gasteiger partial charge in [0.25, 0.3) is 0 Å². The van der Waals surface area contributed by atoms with E-state index in [0.29, 0.717) is 6.04 Å². The molecule has 1 aromatic carbocycles. The Kier molecular flexibility index (Phi) is 4.17. The standard InChI is InChI=1S/C12H15ClN2S2/c1-8(6-7-17-2)15-11-9(13)4-3-5-10(11)14-12(15)16/h3-5,8H,6-7H2,1-2H3,(H,14,16). The number of H-pyrrole nitrogens is 1. The third-order valence-corrected chi connectivity index (χ3v) is 4.12. The van der Waals surface area contributed by atoms with E-state index in [1.54, 1.807) is 0 Å². The number of nitrogens with zero attached hydrogens (tertiary/aromatic N) is 1. The fourth-order valence-electron chi connectivity index (χ4n) is 1.98. The zero-order valence-electron chi connectivity index (χ0n) is 9.87. The average molecular weight is 287 g/mol. The Balaban J connectivity index is 2.52. The number of fused-ring (bicyclic) bond motifs is 1. The van der Waals surface area contributed by atoms with Crippen LogP contribution in [-0.2, 0) is 0 Å². The topological polar surface area (TPSA) is 20.7 Å². The van der Waals surface area contributed by atoms with Gasteiger partial charge in [-0.2, -0.15) is 11.8 Å². The molecule has 1 heterocycles. The van der Waals surface area contributed by atoms with Gasteiger partial charge in [-0.15, -0.1) is 0 Å². The third kappa shape index (κ3) is 2.54. The number of aromatic nitrogens is 2. The fourth-order valence-corrected chi connectivity index (χ4v) is 3.20. The van der Waals surface area contributed by atoms with E-state index in [9.17, 15) is 0 Å². The van der Waals surface area contributed by atoms with Crippen LogP contribution in [0.4, 0.5) is 0 Å². The first-order chi connectivity index (χ1) is 8.15. The van der Waals surface area contributed by atoms with Gasteiger partial charge in [0.05, 0.1) is 16.1 Å². The predicted octanol–water partition coefficient (Wildman–Crippen LogP) is 4.67. The molecule has 0 spiro atoms. The maximum absolute atomic E-state index is 6.26. The van der Waals surface area contributed by atoms with Gasteiger partial charge in [-0.05, 0) is 49.7 Å². The zero-order valence-corrected chi connectivity index (χ0v) is 12.3. The van der Waals surface area contributed by atoms with Crippen LogP contribution in [0.1, 0.15) is 19.4 Å². The summed E-state index contributed by atoms with van der Waals surface area (Å²) < 4.78 is 2.88. The van der Waals surface area contributed by atoms with E-state index in [0.717, 1.165) is 33.0 Å². The molecule has 0 saturated carbocycles. The van der Waals surface area contributed by atoms with Gasteiger partial charge in [0.2, 0.25) is 0 Å². The third-order valence-electron chi connectivity index (χ3n) is 2.87. The molecule has 0 fully saturated rings. The van der Waals surface area contributed by atoms with Crippen molar-refractivity contribution in [3.8, 4) is 0 Å². The molecule has 1 unspecified atom stereocenters. The van der Waals surface area contributed by atoms with Crippen molar-refractivity contribution >= 4 is 46.6 Å². The number of hydrogen-bond donors (Lipinski definition) is 1. The molecule has 0 aliphatic heterocycles. The molecule has 1 aromatic heterocycles. The highest BCUT2D eigenvalue weighted by atomic mass is 35.5. The van der Waals surface area contributed by atoms with E-state index >= 15 is 0 Å². The number of imidazole rings is 1. The number of thioether (sulfide) groups is 1. The second kappa shape index (κ2) is 5.46. The lowest BCUT2D eigenvalue weighted by Gasteiger charge is -2.14. The van der Waals surface area contributed by atoms with Crippen molar-refractivity contribution < 1.29 is 0 Å². The first-order valence-corrected chi connectivity index (χ1v) is 7.71. The summed E-state index contributed by atoms with van der Waals surface area (Å²) in [4.78, 5) is 3.21. The van der Waals surface area contributed by atoms with Crippen molar-refractivity contribution in [1.82, 2.24) is 9.55 Å². The minimum absolute atomic E-state index is 0.364. The second-order valence-corrected chi connectivity index (χ2v) is 5.85. The largest absolute Gasteiger partial charge is 0.331 e. The minimum Gasteiger partial charge on any atom is -0.331 e. The van der Waals surface area contributed by atoms with Gasteiger partial charge in [0.1, 0.15) is 0 Å². The van der Waals surface area contributed by atoms with Crippen molar-refractivity contribution in [3.05, 3.63) is 28.0 Å². The molecule has 1 N–H and O–H groups in total. The van der Waals surface area contributed by atoms with Gasteiger partial charge in [-0.3, -0.25) is 0 Å². The molecule has 2 nitrogen and oxygen atoms in total. The summed E-state index contributed by atoms with van der Waals surface area (Å²) in [7, 11) is 0. The summed E-state index contributed by atoms with van der Waals surface area (Å²) in [5.41, 5.74) is 2.03. The average Bonchev–Trinajstić information content (AvgIpc) is 2.64. The molecule has 0 amide bonds. The molecular weight excluding hydrogens is 272 g/mol. The van der Waals surface area contributed by atoms with Crippen LogP contribution in [0.25, 0.3) is 11.0 Å². The van der Waals surface area contributed by atoms with Gasteiger partial charge >= 0.3 is 0 Å². The van der Waals surface area contributed by atoms with Gasteiger partial charge in [0, 0.05) is 6.04 Å². The van der Waals surface area contributed by atoms with E-state index in [2.05, 4.69) is 22.7 Å². The Bertz CT molecular complexity index is 573. The number of aromatic amines is 1. The van der Waals surface area contributed by atoms with E-state index in [1.165, 1.54) is 0 Å². The van der Waals surface area contributed by atoms with Gasteiger partial charge in [-0.1, -0.05) is 17.7 Å². The van der Waals surface area contributed by atoms with Crippen LogP contribution in [0.3, 0.4) is 0 Å². The summed E-state index contributed by atoms with van der Waals surface area (Å²) in [6.07, 6.45) is 3.21. The first-order valence-electron chi connectivity index (χ1n) is 5.53. The maximum Gasteiger partial charge on any atom is 0.178 e. The summed E-state index contributed by atoms with van der Waals surface area (Å²) in [5.74, 6) is 1.13. The van der Waals surface area contributed by atoms with Crippen molar-refractivity contribution in [3.63, 3.8) is 0 Å². The monoisotopic (exact) mass is 286 g/mol. The normalized spacial score (nSPS) is 13.1. The lowest BCUT2D eigenvalue weighted by atomic mass is 10.2. The van der Waals surface area contributed by atoms with Crippen LogP contribution in [0.2, 0.25) is 5.02 Å².